The van der Waals surface area contributed by atoms with Crippen molar-refractivity contribution in [1.29, 1.82) is 0 Å². The standard InChI is InChI=1S/C15H22ClNO/c1-4-15(3)13(17-5-2)10-14(15)18-12-8-6-7-11(16)9-12/h6-9,13-14,17H,4-5,10H2,1-3H3. The Bertz CT molecular complexity index is 409. The van der Waals surface area contributed by atoms with Crippen LogP contribution in [-0.2, 0) is 0 Å². The molecule has 1 fully saturated rings. The molecule has 1 aromatic carbocycles. The summed E-state index contributed by atoms with van der Waals surface area (Å²) in [6, 6.07) is 8.23. The van der Waals surface area contributed by atoms with Gasteiger partial charge in [0.05, 0.1) is 0 Å². The van der Waals surface area contributed by atoms with Crippen molar-refractivity contribution < 1.29 is 4.74 Å². The molecule has 0 radical (unpaired) electrons. The van der Waals surface area contributed by atoms with Gasteiger partial charge in [0.2, 0.25) is 0 Å². The van der Waals surface area contributed by atoms with E-state index in [1.807, 2.05) is 24.3 Å². The Morgan fingerprint density at radius 2 is 2.22 bits per heavy atom. The highest BCUT2D eigenvalue weighted by Crippen LogP contribution is 2.46. The third kappa shape index (κ3) is 2.50. The molecule has 18 heavy (non-hydrogen) atoms. The molecular weight excluding hydrogens is 246 g/mol. The van der Waals surface area contributed by atoms with Crippen LogP contribution in [0.3, 0.4) is 0 Å². The monoisotopic (exact) mass is 267 g/mol. The smallest absolute Gasteiger partial charge is 0.121 e. The summed E-state index contributed by atoms with van der Waals surface area (Å²) in [4.78, 5) is 0. The first-order valence-electron chi connectivity index (χ1n) is 6.75. The maximum absolute atomic E-state index is 6.09. The molecule has 0 spiro atoms. The van der Waals surface area contributed by atoms with Gasteiger partial charge >= 0.3 is 0 Å². The molecule has 0 bridgehead atoms. The van der Waals surface area contributed by atoms with Crippen molar-refractivity contribution >= 4 is 11.6 Å². The third-order valence-electron chi connectivity index (χ3n) is 4.27. The van der Waals surface area contributed by atoms with Gasteiger partial charge in [-0.2, -0.15) is 0 Å². The zero-order valence-corrected chi connectivity index (χ0v) is 12.1. The number of nitrogens with one attached hydrogen (secondary N) is 1. The maximum atomic E-state index is 6.09. The summed E-state index contributed by atoms with van der Waals surface area (Å²) in [6.45, 7) is 7.71. The van der Waals surface area contributed by atoms with Crippen molar-refractivity contribution in [3.8, 4) is 5.75 Å². The van der Waals surface area contributed by atoms with Gasteiger partial charge in [-0.15, -0.1) is 0 Å². The summed E-state index contributed by atoms with van der Waals surface area (Å²) in [5.41, 5.74) is 0.221. The van der Waals surface area contributed by atoms with Crippen molar-refractivity contribution in [2.75, 3.05) is 6.54 Å². The lowest BCUT2D eigenvalue weighted by molar-refractivity contribution is -0.0696. The molecule has 1 N–H and O–H groups in total. The normalized spacial score (nSPS) is 30.9. The summed E-state index contributed by atoms with van der Waals surface area (Å²) < 4.78 is 6.09. The van der Waals surface area contributed by atoms with Crippen LogP contribution in [-0.4, -0.2) is 18.7 Å². The molecule has 2 rings (SSSR count). The summed E-state index contributed by atoms with van der Waals surface area (Å²) >= 11 is 5.98. The Balaban J connectivity index is 2.03. The minimum Gasteiger partial charge on any atom is -0.490 e. The third-order valence-corrected chi connectivity index (χ3v) is 4.50. The number of halogens is 1. The van der Waals surface area contributed by atoms with Crippen molar-refractivity contribution in [3.63, 3.8) is 0 Å². The number of hydrogen-bond acceptors (Lipinski definition) is 2. The predicted octanol–water partition coefficient (Wildman–Crippen LogP) is 3.89. The lowest BCUT2D eigenvalue weighted by Gasteiger charge is -2.53. The van der Waals surface area contributed by atoms with Crippen molar-refractivity contribution in [3.05, 3.63) is 29.3 Å². The Hall–Kier alpha value is -0.730. The highest BCUT2D eigenvalue weighted by molar-refractivity contribution is 6.30. The second-order valence-corrected chi connectivity index (χ2v) is 5.71. The Morgan fingerprint density at radius 3 is 2.83 bits per heavy atom. The maximum Gasteiger partial charge on any atom is 0.121 e. The Morgan fingerprint density at radius 1 is 1.44 bits per heavy atom. The quantitative estimate of drug-likeness (QED) is 0.874. The van der Waals surface area contributed by atoms with Crippen LogP contribution in [0.5, 0.6) is 5.75 Å². The van der Waals surface area contributed by atoms with Crippen LogP contribution < -0.4 is 10.1 Å². The van der Waals surface area contributed by atoms with Gasteiger partial charge in [-0.3, -0.25) is 0 Å². The highest BCUT2D eigenvalue weighted by atomic mass is 35.5. The molecule has 2 nitrogen and oxygen atoms in total. The van der Waals surface area contributed by atoms with Gasteiger partial charge in [-0.05, 0) is 31.2 Å². The van der Waals surface area contributed by atoms with E-state index in [-0.39, 0.29) is 11.5 Å². The first kappa shape index (κ1) is 13.7. The lowest BCUT2D eigenvalue weighted by Crippen LogP contribution is -2.63. The summed E-state index contributed by atoms with van der Waals surface area (Å²) in [6.07, 6.45) is 2.48. The summed E-state index contributed by atoms with van der Waals surface area (Å²) in [5.74, 6) is 0.877. The van der Waals surface area contributed by atoms with Gasteiger partial charge in [0.25, 0.3) is 0 Å². The molecule has 1 aromatic rings. The van der Waals surface area contributed by atoms with Crippen LogP contribution in [0.2, 0.25) is 5.02 Å². The van der Waals surface area contributed by atoms with E-state index in [9.17, 15) is 0 Å². The SMILES string of the molecule is CCNC1CC(Oc2cccc(Cl)c2)C1(C)CC. The molecule has 3 unspecified atom stereocenters. The zero-order valence-electron chi connectivity index (χ0n) is 11.4. The first-order valence-corrected chi connectivity index (χ1v) is 7.13. The van der Waals surface area contributed by atoms with Crippen LogP contribution in [0.15, 0.2) is 24.3 Å². The molecule has 0 aliphatic heterocycles. The lowest BCUT2D eigenvalue weighted by atomic mass is 9.61. The van der Waals surface area contributed by atoms with E-state index in [2.05, 4.69) is 26.1 Å². The van der Waals surface area contributed by atoms with Gasteiger partial charge in [-0.25, -0.2) is 0 Å². The van der Waals surface area contributed by atoms with Crippen LogP contribution >= 0.6 is 11.6 Å². The minimum absolute atomic E-state index is 0.221. The van der Waals surface area contributed by atoms with E-state index in [0.717, 1.165) is 30.2 Å². The van der Waals surface area contributed by atoms with Crippen molar-refractivity contribution in [2.24, 2.45) is 5.41 Å². The molecule has 1 saturated carbocycles. The molecule has 0 aromatic heterocycles. The molecule has 0 amide bonds. The fourth-order valence-electron chi connectivity index (χ4n) is 2.74. The van der Waals surface area contributed by atoms with E-state index < -0.39 is 0 Å². The molecule has 0 saturated heterocycles. The fourth-order valence-corrected chi connectivity index (χ4v) is 2.92. The van der Waals surface area contributed by atoms with E-state index in [4.69, 9.17) is 16.3 Å². The Kier molecular flexibility index (Phi) is 4.18. The largest absolute Gasteiger partial charge is 0.490 e. The number of ether oxygens (including phenoxy) is 1. The van der Waals surface area contributed by atoms with Crippen molar-refractivity contribution in [1.82, 2.24) is 5.32 Å². The van der Waals surface area contributed by atoms with Crippen LogP contribution in [0.4, 0.5) is 0 Å². The second kappa shape index (κ2) is 5.50. The van der Waals surface area contributed by atoms with Crippen molar-refractivity contribution in [2.45, 2.75) is 45.8 Å². The summed E-state index contributed by atoms with van der Waals surface area (Å²) in [7, 11) is 0. The van der Waals surface area contributed by atoms with Crippen LogP contribution in [0.25, 0.3) is 0 Å². The number of rotatable bonds is 5. The van der Waals surface area contributed by atoms with Crippen LogP contribution in [0, 0.1) is 5.41 Å². The van der Waals surface area contributed by atoms with Gasteiger partial charge in [0.1, 0.15) is 11.9 Å². The second-order valence-electron chi connectivity index (χ2n) is 5.27. The predicted molar refractivity (Wildman–Crippen MR) is 76.3 cm³/mol. The van der Waals surface area contributed by atoms with E-state index in [0.29, 0.717) is 6.04 Å². The molecule has 3 heteroatoms. The van der Waals surface area contributed by atoms with Gasteiger partial charge in [0.15, 0.2) is 0 Å². The molecular formula is C15H22ClNO. The molecule has 1 aliphatic carbocycles. The minimum atomic E-state index is 0.221. The van der Waals surface area contributed by atoms with E-state index in [1.165, 1.54) is 0 Å². The van der Waals surface area contributed by atoms with Gasteiger partial charge in [-0.1, -0.05) is 38.4 Å². The molecule has 3 atom stereocenters. The topological polar surface area (TPSA) is 21.3 Å². The fraction of sp³-hybridized carbons (Fsp3) is 0.600. The Labute approximate surface area is 115 Å². The average Bonchev–Trinajstić information content (AvgIpc) is 2.36. The van der Waals surface area contributed by atoms with Gasteiger partial charge < -0.3 is 10.1 Å². The van der Waals surface area contributed by atoms with Gasteiger partial charge in [0, 0.05) is 22.9 Å². The first-order chi connectivity index (χ1) is 8.60. The summed E-state index contributed by atoms with van der Waals surface area (Å²) in [5, 5.41) is 4.27. The molecule has 100 valence electrons. The van der Waals surface area contributed by atoms with E-state index >= 15 is 0 Å². The number of benzene rings is 1. The number of hydrogen-bond donors (Lipinski definition) is 1. The van der Waals surface area contributed by atoms with E-state index in [1.54, 1.807) is 0 Å². The average molecular weight is 268 g/mol. The molecule has 0 heterocycles. The molecule has 1 aliphatic rings. The highest BCUT2D eigenvalue weighted by Gasteiger charge is 2.51. The zero-order chi connectivity index (χ0) is 13.2. The van der Waals surface area contributed by atoms with Crippen LogP contribution in [0.1, 0.15) is 33.6 Å².